The lowest BCUT2D eigenvalue weighted by Crippen LogP contribution is -2.65. The number of amides is 2. The molecule has 0 aliphatic carbocycles. The molecule has 2 fully saturated rings. The Morgan fingerprint density at radius 2 is 1.67 bits per heavy atom. The quantitative estimate of drug-likeness (QED) is 0.402. The highest BCUT2D eigenvalue weighted by molar-refractivity contribution is 7.92. The van der Waals surface area contributed by atoms with Gasteiger partial charge in [-0.2, -0.15) is 4.98 Å². The average molecular weight is 733 g/mol. The molecule has 13 nitrogen and oxygen atoms in total. The van der Waals surface area contributed by atoms with Crippen LogP contribution in [0.1, 0.15) is 66.5 Å². The van der Waals surface area contributed by atoms with Gasteiger partial charge in [0.1, 0.15) is 29.5 Å². The smallest absolute Gasteiger partial charge is 0.410 e. The number of hydrogen-bond donors (Lipinski definition) is 1. The van der Waals surface area contributed by atoms with Crippen LogP contribution in [0.5, 0.6) is 5.88 Å². The Balaban J connectivity index is 1.46. The number of carbonyl (C=O) groups is 2. The van der Waals surface area contributed by atoms with E-state index < -0.39 is 15.6 Å². The van der Waals surface area contributed by atoms with E-state index in [2.05, 4.69) is 33.4 Å². The van der Waals surface area contributed by atoms with Gasteiger partial charge in [-0.25, -0.2) is 17.6 Å². The first kappa shape index (κ1) is 38.7. The Morgan fingerprint density at radius 1 is 1.00 bits per heavy atom. The Labute approximate surface area is 301 Å². The Hall–Kier alpha value is -3.53. The first-order valence-electron chi connectivity index (χ1n) is 17.8. The van der Waals surface area contributed by atoms with E-state index in [4.69, 9.17) is 14.2 Å². The summed E-state index contributed by atoms with van der Waals surface area (Å²) in [6, 6.07) is 7.28. The van der Waals surface area contributed by atoms with E-state index in [-0.39, 0.29) is 85.1 Å². The van der Waals surface area contributed by atoms with Crippen LogP contribution in [0.2, 0.25) is 0 Å². The van der Waals surface area contributed by atoms with Crippen molar-refractivity contribution in [3.8, 4) is 5.88 Å². The van der Waals surface area contributed by atoms with Gasteiger partial charge in [0.25, 0.3) is 0 Å². The van der Waals surface area contributed by atoms with Crippen LogP contribution in [-0.4, -0.2) is 128 Å². The van der Waals surface area contributed by atoms with Gasteiger partial charge in [-0.1, -0.05) is 12.1 Å². The number of nitrogens with zero attached hydrogens (tertiary/aromatic N) is 5. The number of aromatic nitrogens is 1. The van der Waals surface area contributed by atoms with Crippen molar-refractivity contribution in [1.29, 1.82) is 0 Å². The summed E-state index contributed by atoms with van der Waals surface area (Å²) in [5.41, 5.74) is 1.04. The van der Waals surface area contributed by atoms with Gasteiger partial charge in [-0.15, -0.1) is 0 Å². The molecular weight excluding hydrogens is 679 g/mol. The predicted molar refractivity (Wildman–Crippen MR) is 193 cm³/mol. The highest BCUT2D eigenvalue weighted by atomic mass is 32.2. The van der Waals surface area contributed by atoms with E-state index in [9.17, 15) is 22.4 Å². The van der Waals surface area contributed by atoms with Crippen LogP contribution >= 0.6 is 0 Å². The van der Waals surface area contributed by atoms with Crippen molar-refractivity contribution in [2.75, 3.05) is 61.4 Å². The molecule has 282 valence electrons. The molecule has 5 rings (SSSR count). The fraction of sp³-hybridized carbons (Fsp3) is 0.639. The van der Waals surface area contributed by atoms with Crippen LogP contribution in [0, 0.1) is 5.82 Å². The van der Waals surface area contributed by atoms with E-state index in [0.717, 1.165) is 5.56 Å². The summed E-state index contributed by atoms with van der Waals surface area (Å²) in [5.74, 6) is -0.469. The summed E-state index contributed by atoms with van der Waals surface area (Å²) < 4.78 is 59.1. The summed E-state index contributed by atoms with van der Waals surface area (Å²) in [7, 11) is -3.70. The predicted octanol–water partition coefficient (Wildman–Crippen LogP) is 4.11. The van der Waals surface area contributed by atoms with E-state index in [1.54, 1.807) is 28.0 Å². The van der Waals surface area contributed by atoms with Gasteiger partial charge in [0.15, 0.2) is 0 Å². The molecule has 1 aromatic carbocycles. The number of carbonyl (C=O) groups excluding carboxylic acids is 2. The van der Waals surface area contributed by atoms with Crippen molar-refractivity contribution in [2.24, 2.45) is 0 Å². The third-order valence-corrected chi connectivity index (χ3v) is 10.9. The summed E-state index contributed by atoms with van der Waals surface area (Å²) in [6.07, 6.45) is -0.139. The van der Waals surface area contributed by atoms with Gasteiger partial charge in [-0.3, -0.25) is 19.3 Å². The fourth-order valence-electron chi connectivity index (χ4n) is 6.90. The zero-order valence-electron chi connectivity index (χ0n) is 31.0. The lowest BCUT2D eigenvalue weighted by Gasteiger charge is -2.49. The minimum Gasteiger partial charge on any atom is -0.474 e. The lowest BCUT2D eigenvalue weighted by atomic mass is 10.0. The largest absolute Gasteiger partial charge is 0.474 e. The van der Waals surface area contributed by atoms with Gasteiger partial charge in [0.2, 0.25) is 21.8 Å². The van der Waals surface area contributed by atoms with Crippen molar-refractivity contribution in [1.82, 2.24) is 19.7 Å². The van der Waals surface area contributed by atoms with E-state index in [0.29, 0.717) is 44.1 Å². The van der Waals surface area contributed by atoms with E-state index in [1.807, 2.05) is 34.6 Å². The molecule has 3 aliphatic rings. The number of nitrogens with one attached hydrogen (secondary N) is 1. The standard InChI is InChI=1S/C36H53FN6O7S/c1-9-51(46,47)39-33-28(14-27-10-12-29(37)13-11-27)15-31-34(38-33)49-22-26(5)43(31)32(44)19-40-16-23(2)42(35(45)50-36(6,7)8)18-30(40)17-41-24(3)20-48-21-25(41)4/h10-13,15,23-26,30H,9,14,16-22H2,1-8H3,(H,38,39)/t23-,24-,25-,26+,30+/m1/s1. The van der Waals surface area contributed by atoms with Crippen LogP contribution in [0.3, 0.4) is 0 Å². The van der Waals surface area contributed by atoms with Crippen molar-refractivity contribution in [3.63, 3.8) is 0 Å². The zero-order valence-corrected chi connectivity index (χ0v) is 31.8. The molecule has 1 aromatic heterocycles. The molecule has 51 heavy (non-hydrogen) atoms. The topological polar surface area (TPSA) is 134 Å². The highest BCUT2D eigenvalue weighted by Gasteiger charge is 2.41. The second-order valence-corrected chi connectivity index (χ2v) is 17.1. The number of piperazine rings is 1. The maximum atomic E-state index is 14.5. The molecule has 0 saturated carbocycles. The van der Waals surface area contributed by atoms with Crippen LogP contribution in [0.15, 0.2) is 30.3 Å². The first-order valence-corrected chi connectivity index (χ1v) is 19.4. The van der Waals surface area contributed by atoms with Crippen LogP contribution in [0.4, 0.5) is 20.7 Å². The average Bonchev–Trinajstić information content (AvgIpc) is 3.04. The maximum Gasteiger partial charge on any atom is 0.410 e. The third kappa shape index (κ3) is 9.48. The Bertz CT molecular complexity index is 1660. The number of rotatable bonds is 9. The Kier molecular flexibility index (Phi) is 11.8. The monoisotopic (exact) mass is 732 g/mol. The zero-order chi connectivity index (χ0) is 37.2. The number of morpholine rings is 1. The summed E-state index contributed by atoms with van der Waals surface area (Å²) in [4.78, 5) is 40.4. The van der Waals surface area contributed by atoms with Gasteiger partial charge < -0.3 is 24.0 Å². The lowest BCUT2D eigenvalue weighted by molar-refractivity contribution is -0.123. The highest BCUT2D eigenvalue weighted by Crippen LogP contribution is 2.37. The fourth-order valence-corrected chi connectivity index (χ4v) is 7.52. The molecule has 0 bridgehead atoms. The number of fused-ring (bicyclic) bond motifs is 1. The molecular formula is C36H53FN6O7S. The SMILES string of the molecule is CCS(=O)(=O)Nc1nc2c(cc1Cc1ccc(F)cc1)N(C(=O)CN1C[C@@H](C)N(C(=O)OC(C)(C)C)C[C@@H]1CN1[C@H](C)COC[C@H]1C)[C@@H](C)CO2. The normalized spacial score (nSPS) is 24.8. The van der Waals surface area contributed by atoms with Gasteiger partial charge in [-0.05, 0) is 79.2 Å². The number of ether oxygens (including phenoxy) is 3. The minimum atomic E-state index is -3.70. The molecule has 0 unspecified atom stereocenters. The summed E-state index contributed by atoms with van der Waals surface area (Å²) in [6.45, 7) is 18.1. The number of sulfonamides is 1. The third-order valence-electron chi connectivity index (χ3n) is 9.61. The van der Waals surface area contributed by atoms with E-state index >= 15 is 0 Å². The molecule has 2 saturated heterocycles. The number of halogens is 1. The van der Waals surface area contributed by atoms with Crippen LogP contribution < -0.4 is 14.4 Å². The molecule has 0 radical (unpaired) electrons. The second-order valence-electron chi connectivity index (χ2n) is 15.1. The second kappa shape index (κ2) is 15.6. The van der Waals surface area contributed by atoms with Gasteiger partial charge >= 0.3 is 6.09 Å². The summed E-state index contributed by atoms with van der Waals surface area (Å²) >= 11 is 0. The minimum absolute atomic E-state index is 0.0750. The van der Waals surface area contributed by atoms with Crippen molar-refractivity contribution >= 4 is 33.5 Å². The molecule has 2 aromatic rings. The van der Waals surface area contributed by atoms with Crippen LogP contribution in [0.25, 0.3) is 0 Å². The molecule has 0 spiro atoms. The Morgan fingerprint density at radius 3 is 2.29 bits per heavy atom. The number of benzene rings is 1. The van der Waals surface area contributed by atoms with Crippen molar-refractivity contribution < 1.29 is 36.6 Å². The van der Waals surface area contributed by atoms with Crippen LogP contribution in [-0.2, 0) is 30.7 Å². The number of hydrogen-bond acceptors (Lipinski definition) is 10. The van der Waals surface area contributed by atoms with Gasteiger partial charge in [0.05, 0.1) is 31.6 Å². The van der Waals surface area contributed by atoms with E-state index in [1.165, 1.54) is 19.1 Å². The van der Waals surface area contributed by atoms with Crippen molar-refractivity contribution in [3.05, 3.63) is 47.3 Å². The number of pyridine rings is 1. The molecule has 5 atom stereocenters. The molecule has 15 heteroatoms. The van der Waals surface area contributed by atoms with Crippen molar-refractivity contribution in [2.45, 2.75) is 97.6 Å². The molecule has 4 heterocycles. The number of anilines is 2. The molecule has 1 N–H and O–H groups in total. The molecule has 2 amide bonds. The first-order chi connectivity index (χ1) is 23.9. The maximum absolute atomic E-state index is 14.5. The van der Waals surface area contributed by atoms with Gasteiger partial charge in [0, 0.05) is 55.8 Å². The molecule has 3 aliphatic heterocycles. The summed E-state index contributed by atoms with van der Waals surface area (Å²) in [5, 5.41) is 0.